The van der Waals surface area contributed by atoms with E-state index in [-0.39, 0.29) is 18.0 Å². The number of nitrogens with zero attached hydrogens (tertiary/aromatic N) is 5. The second-order valence-corrected chi connectivity index (χ2v) is 9.30. The van der Waals surface area contributed by atoms with Crippen molar-refractivity contribution in [2.24, 2.45) is 5.73 Å². The molecule has 0 radical (unpaired) electrons. The van der Waals surface area contributed by atoms with Gasteiger partial charge in [-0.25, -0.2) is 14.5 Å². The molecule has 5 rings (SSSR count). The van der Waals surface area contributed by atoms with Crippen molar-refractivity contribution in [3.63, 3.8) is 0 Å². The maximum atomic E-state index is 13.2. The molecule has 35 heavy (non-hydrogen) atoms. The number of amides is 1. The van der Waals surface area contributed by atoms with Gasteiger partial charge >= 0.3 is 0 Å². The molecule has 0 bridgehead atoms. The van der Waals surface area contributed by atoms with E-state index in [2.05, 4.69) is 53.5 Å². The lowest BCUT2D eigenvalue weighted by atomic mass is 9.92. The predicted octanol–water partition coefficient (Wildman–Crippen LogP) is 4.13. The summed E-state index contributed by atoms with van der Waals surface area (Å²) in [7, 11) is 0. The number of nitrogens with one attached hydrogen (secondary N) is 3. The summed E-state index contributed by atoms with van der Waals surface area (Å²) in [5.74, 6) is 1.02. The van der Waals surface area contributed by atoms with Crippen molar-refractivity contribution >= 4 is 57.2 Å². The van der Waals surface area contributed by atoms with Gasteiger partial charge in [-0.1, -0.05) is 28.7 Å². The zero-order valence-electron chi connectivity index (χ0n) is 19.0. The third kappa shape index (κ3) is 5.51. The number of alkyl halides is 1. The third-order valence-electron chi connectivity index (χ3n) is 5.96. The smallest absolute Gasteiger partial charge is 0.276 e. The van der Waals surface area contributed by atoms with Crippen molar-refractivity contribution in [1.29, 1.82) is 0 Å². The molecule has 1 amide bonds. The Morgan fingerprint density at radius 3 is 2.69 bits per heavy atom. The molecule has 5 N–H and O–H groups in total. The van der Waals surface area contributed by atoms with E-state index >= 15 is 0 Å². The molecule has 0 atom stereocenters. The minimum Gasteiger partial charge on any atom is -0.366 e. The maximum Gasteiger partial charge on any atom is 0.276 e. The summed E-state index contributed by atoms with van der Waals surface area (Å²) in [6.07, 6.45) is 8.83. The molecule has 1 aliphatic carbocycles. The normalized spacial score (nSPS) is 17.8. The van der Waals surface area contributed by atoms with Crippen LogP contribution in [0.2, 0.25) is 0 Å². The number of nitrogens with two attached hydrogens (primary N) is 1. The Morgan fingerprint density at radius 1 is 1.06 bits per heavy atom. The van der Waals surface area contributed by atoms with Crippen LogP contribution in [0.4, 0.5) is 23.0 Å². The fourth-order valence-electron chi connectivity index (χ4n) is 4.16. The minimum absolute atomic E-state index is 0.259. The van der Waals surface area contributed by atoms with Gasteiger partial charge in [0.2, 0.25) is 0 Å². The average Bonchev–Trinajstić information content (AvgIpc) is 3.31. The first-order valence-electron chi connectivity index (χ1n) is 11.5. The van der Waals surface area contributed by atoms with E-state index in [0.717, 1.165) is 35.8 Å². The number of hydrogen-bond donors (Lipinski definition) is 4. The van der Waals surface area contributed by atoms with Crippen LogP contribution < -0.4 is 21.7 Å². The van der Waals surface area contributed by atoms with E-state index in [1.807, 2.05) is 30.3 Å². The van der Waals surface area contributed by atoms with Gasteiger partial charge in [-0.3, -0.25) is 9.78 Å². The highest BCUT2D eigenvalue weighted by molar-refractivity contribution is 14.1. The molecule has 1 saturated carbocycles. The molecule has 180 valence electrons. The van der Waals surface area contributed by atoms with Crippen LogP contribution in [0.15, 0.2) is 55.0 Å². The number of hydrogen-bond acceptors (Lipinski definition) is 8. The molecule has 4 aromatic rings. The number of carbonyl (C=O) groups is 1. The van der Waals surface area contributed by atoms with E-state index in [0.29, 0.717) is 34.4 Å². The summed E-state index contributed by atoms with van der Waals surface area (Å²) < 4.78 is 2.32. The first kappa shape index (κ1) is 23.4. The second kappa shape index (κ2) is 10.5. The molecule has 0 unspecified atom stereocenters. The lowest BCUT2D eigenvalue weighted by Crippen LogP contribution is -2.33. The molecule has 4 aromatic heterocycles. The lowest BCUT2D eigenvalue weighted by molar-refractivity contribution is 0.102. The predicted molar refractivity (Wildman–Crippen MR) is 144 cm³/mol. The number of pyridine rings is 2. The van der Waals surface area contributed by atoms with Gasteiger partial charge in [0, 0.05) is 40.7 Å². The molecular formula is C24H26IN9O. The van der Waals surface area contributed by atoms with E-state index in [1.165, 1.54) is 6.20 Å². The second-order valence-electron chi connectivity index (χ2n) is 8.54. The molecule has 4 heterocycles. The molecule has 1 fully saturated rings. The van der Waals surface area contributed by atoms with Crippen LogP contribution in [-0.4, -0.2) is 42.6 Å². The number of carbonyl (C=O) groups excluding carboxylic acids is 1. The Bertz CT molecular complexity index is 1320. The molecule has 11 heteroatoms. The SMILES string of the molecule is NC1CCC(Nc2cc(Nc3ccccn3)c3ncc(C(=O)Nc4ccnc(CI)c4)n3n2)CC1. The summed E-state index contributed by atoms with van der Waals surface area (Å²) in [6.45, 7) is 0. The van der Waals surface area contributed by atoms with Crippen LogP contribution in [0.5, 0.6) is 0 Å². The van der Waals surface area contributed by atoms with Gasteiger partial charge in [0.05, 0.1) is 17.6 Å². The molecule has 0 aliphatic heterocycles. The average molecular weight is 583 g/mol. The maximum absolute atomic E-state index is 13.2. The van der Waals surface area contributed by atoms with E-state index in [9.17, 15) is 4.79 Å². The summed E-state index contributed by atoms with van der Waals surface area (Å²) in [6, 6.07) is 11.7. The number of aromatic nitrogens is 5. The summed E-state index contributed by atoms with van der Waals surface area (Å²) >= 11 is 2.24. The monoisotopic (exact) mass is 583 g/mol. The minimum atomic E-state index is -0.305. The van der Waals surface area contributed by atoms with Crippen molar-refractivity contribution in [2.45, 2.75) is 42.2 Å². The Hall–Kier alpha value is -3.32. The van der Waals surface area contributed by atoms with Crippen molar-refractivity contribution < 1.29 is 4.79 Å². The standard InChI is InChI=1S/C24H26IN9O/c25-13-18-11-17(8-10-27-18)31-24(35)20-14-29-23-19(32-21-3-1-2-9-28-21)12-22(33-34(20)23)30-16-6-4-15(26)5-7-16/h1-3,8-12,14-16H,4-7,13,26H2,(H,28,32)(H,30,33)(H,27,31,35). The van der Waals surface area contributed by atoms with Crippen LogP contribution in [0.25, 0.3) is 5.65 Å². The first-order chi connectivity index (χ1) is 17.1. The van der Waals surface area contributed by atoms with Crippen LogP contribution >= 0.6 is 22.6 Å². The van der Waals surface area contributed by atoms with Gasteiger partial charge in [-0.2, -0.15) is 0 Å². The van der Waals surface area contributed by atoms with Gasteiger partial charge in [-0.05, 0) is 49.9 Å². The van der Waals surface area contributed by atoms with Crippen molar-refractivity contribution in [3.05, 3.63) is 66.4 Å². The Balaban J connectivity index is 1.48. The molecule has 0 saturated heterocycles. The van der Waals surface area contributed by atoms with Gasteiger partial charge in [0.25, 0.3) is 5.91 Å². The molecule has 10 nitrogen and oxygen atoms in total. The number of fused-ring (bicyclic) bond motifs is 1. The van der Waals surface area contributed by atoms with Crippen LogP contribution in [0, 0.1) is 0 Å². The van der Waals surface area contributed by atoms with Gasteiger partial charge in [0.15, 0.2) is 11.3 Å². The molecule has 0 spiro atoms. The highest BCUT2D eigenvalue weighted by atomic mass is 127. The molecule has 0 aromatic carbocycles. The topological polar surface area (TPSA) is 135 Å². The zero-order valence-corrected chi connectivity index (χ0v) is 21.1. The quantitative estimate of drug-likeness (QED) is 0.189. The van der Waals surface area contributed by atoms with E-state index in [1.54, 1.807) is 23.0 Å². The van der Waals surface area contributed by atoms with Gasteiger partial charge < -0.3 is 21.7 Å². The van der Waals surface area contributed by atoms with Crippen molar-refractivity contribution in [3.8, 4) is 0 Å². The molecule has 1 aliphatic rings. The Kier molecular flexibility index (Phi) is 7.04. The summed E-state index contributed by atoms with van der Waals surface area (Å²) in [5.41, 5.74) is 9.19. The van der Waals surface area contributed by atoms with E-state index in [4.69, 9.17) is 10.8 Å². The van der Waals surface area contributed by atoms with Gasteiger partial charge in [-0.15, -0.1) is 5.10 Å². The van der Waals surface area contributed by atoms with Crippen LogP contribution in [0.3, 0.4) is 0 Å². The lowest BCUT2D eigenvalue weighted by Gasteiger charge is -2.27. The Morgan fingerprint density at radius 2 is 1.91 bits per heavy atom. The number of halogens is 1. The highest BCUT2D eigenvalue weighted by Gasteiger charge is 2.21. The van der Waals surface area contributed by atoms with Gasteiger partial charge in [0.1, 0.15) is 11.6 Å². The van der Waals surface area contributed by atoms with Crippen molar-refractivity contribution in [1.82, 2.24) is 24.6 Å². The van der Waals surface area contributed by atoms with Crippen molar-refractivity contribution in [2.75, 3.05) is 16.0 Å². The third-order valence-corrected chi connectivity index (χ3v) is 6.74. The zero-order chi connectivity index (χ0) is 24.2. The summed E-state index contributed by atoms with van der Waals surface area (Å²) in [5, 5.41) is 14.5. The highest BCUT2D eigenvalue weighted by Crippen LogP contribution is 2.26. The number of anilines is 4. The van der Waals surface area contributed by atoms with E-state index < -0.39 is 0 Å². The summed E-state index contributed by atoms with van der Waals surface area (Å²) in [4.78, 5) is 26.3. The number of imidazole rings is 1. The fourth-order valence-corrected chi connectivity index (χ4v) is 4.57. The van der Waals surface area contributed by atoms with Crippen LogP contribution in [0.1, 0.15) is 41.9 Å². The first-order valence-corrected chi connectivity index (χ1v) is 13.0. The fraction of sp³-hybridized carbons (Fsp3) is 0.292. The molecular weight excluding hydrogens is 557 g/mol. The number of rotatable bonds is 7. The Labute approximate surface area is 216 Å². The largest absolute Gasteiger partial charge is 0.366 e. The van der Waals surface area contributed by atoms with Crippen LogP contribution in [-0.2, 0) is 4.43 Å².